The van der Waals surface area contributed by atoms with Gasteiger partial charge in [-0.1, -0.05) is 5.16 Å². The lowest BCUT2D eigenvalue weighted by Crippen LogP contribution is -2.11. The van der Waals surface area contributed by atoms with Crippen molar-refractivity contribution in [3.8, 4) is 0 Å². The van der Waals surface area contributed by atoms with Crippen molar-refractivity contribution in [2.75, 3.05) is 5.32 Å². The number of amides is 1. The van der Waals surface area contributed by atoms with E-state index in [0.717, 1.165) is 11.3 Å². The molecule has 0 fully saturated rings. The highest BCUT2D eigenvalue weighted by Gasteiger charge is 2.11. The van der Waals surface area contributed by atoms with Crippen LogP contribution in [0.4, 0.5) is 5.00 Å². The van der Waals surface area contributed by atoms with E-state index in [0.29, 0.717) is 23.1 Å². The zero-order valence-corrected chi connectivity index (χ0v) is 10.9. The average Bonchev–Trinajstić information content (AvgIpc) is 2.96. The highest BCUT2D eigenvalue weighted by molar-refractivity contribution is 7.18. The monoisotopic (exact) mass is 281 g/mol. The molecule has 2 rings (SSSR count). The summed E-state index contributed by atoms with van der Waals surface area (Å²) in [4.78, 5) is 26.5. The van der Waals surface area contributed by atoms with Crippen LogP contribution in [0.3, 0.4) is 0 Å². The summed E-state index contributed by atoms with van der Waals surface area (Å²) in [5, 5.41) is 15.5. The molecule has 2 aromatic heterocycles. The molecule has 100 valence electrons. The van der Waals surface area contributed by atoms with Crippen molar-refractivity contribution >= 4 is 28.2 Å². The molecule has 0 aliphatic rings. The van der Waals surface area contributed by atoms with Crippen LogP contribution < -0.4 is 5.32 Å². The Morgan fingerprint density at radius 1 is 1.47 bits per heavy atom. The predicted molar refractivity (Wildman–Crippen MR) is 67.3 cm³/mol. The molecule has 2 aromatic rings. The molecule has 0 bridgehead atoms. The third-order valence-corrected chi connectivity index (χ3v) is 3.20. The van der Waals surface area contributed by atoms with Gasteiger partial charge >= 0.3 is 5.97 Å². The van der Waals surface area contributed by atoms with E-state index in [9.17, 15) is 9.59 Å². The van der Waals surface area contributed by atoms with Crippen LogP contribution in [0.25, 0.3) is 0 Å². The first-order chi connectivity index (χ1) is 9.04. The van der Waals surface area contributed by atoms with Crippen LogP contribution in [-0.2, 0) is 11.2 Å². The van der Waals surface area contributed by atoms with E-state index < -0.39 is 5.97 Å². The standard InChI is InChI=1S/C11H11N3O4S/c1-6-12-9(18-14-6)4-3-8(15)13-10-5-2-7(19-10)11(16)17/h2,5H,3-4H2,1H3,(H,13,15)(H,16,17). The largest absolute Gasteiger partial charge is 0.477 e. The second-order valence-electron chi connectivity index (χ2n) is 3.75. The lowest BCUT2D eigenvalue weighted by Gasteiger charge is -1.99. The zero-order chi connectivity index (χ0) is 13.8. The number of thiophene rings is 1. The molecule has 8 heteroatoms. The van der Waals surface area contributed by atoms with Gasteiger partial charge in [0.1, 0.15) is 4.88 Å². The Balaban J connectivity index is 1.85. The quantitative estimate of drug-likeness (QED) is 0.864. The van der Waals surface area contributed by atoms with E-state index >= 15 is 0 Å². The fourth-order valence-corrected chi connectivity index (χ4v) is 2.14. The second kappa shape index (κ2) is 5.61. The first-order valence-electron chi connectivity index (χ1n) is 5.47. The number of aryl methyl sites for hydroxylation is 2. The number of hydrogen-bond donors (Lipinski definition) is 2. The summed E-state index contributed by atoms with van der Waals surface area (Å²) in [7, 11) is 0. The van der Waals surface area contributed by atoms with Crippen LogP contribution in [-0.4, -0.2) is 27.1 Å². The SMILES string of the molecule is Cc1noc(CCC(=O)Nc2ccc(C(=O)O)s2)n1. The summed E-state index contributed by atoms with van der Waals surface area (Å²) in [6.07, 6.45) is 0.547. The number of carbonyl (C=O) groups excluding carboxylic acids is 1. The number of hydrogen-bond acceptors (Lipinski definition) is 6. The average molecular weight is 281 g/mol. The van der Waals surface area contributed by atoms with E-state index in [4.69, 9.17) is 9.63 Å². The minimum atomic E-state index is -1.01. The summed E-state index contributed by atoms with van der Waals surface area (Å²) in [6.45, 7) is 1.70. The fourth-order valence-electron chi connectivity index (χ4n) is 1.38. The van der Waals surface area contributed by atoms with Crippen LogP contribution in [0.1, 0.15) is 27.8 Å². The highest BCUT2D eigenvalue weighted by Crippen LogP contribution is 2.21. The van der Waals surface area contributed by atoms with E-state index in [1.165, 1.54) is 6.07 Å². The maximum Gasteiger partial charge on any atom is 0.345 e. The Morgan fingerprint density at radius 3 is 2.84 bits per heavy atom. The number of nitrogens with zero attached hydrogens (tertiary/aromatic N) is 2. The van der Waals surface area contributed by atoms with E-state index in [-0.39, 0.29) is 17.2 Å². The molecule has 19 heavy (non-hydrogen) atoms. The van der Waals surface area contributed by atoms with Crippen molar-refractivity contribution in [2.45, 2.75) is 19.8 Å². The van der Waals surface area contributed by atoms with Crippen molar-refractivity contribution in [1.29, 1.82) is 0 Å². The Hall–Kier alpha value is -2.22. The normalized spacial score (nSPS) is 10.4. The molecule has 0 saturated heterocycles. The highest BCUT2D eigenvalue weighted by atomic mass is 32.1. The Labute approximate surface area is 112 Å². The third kappa shape index (κ3) is 3.62. The van der Waals surface area contributed by atoms with Gasteiger partial charge in [0.25, 0.3) is 0 Å². The van der Waals surface area contributed by atoms with Gasteiger partial charge < -0.3 is 14.9 Å². The molecule has 2 N–H and O–H groups in total. The molecule has 0 aliphatic heterocycles. The topological polar surface area (TPSA) is 105 Å². The number of rotatable bonds is 5. The Morgan fingerprint density at radius 2 is 2.26 bits per heavy atom. The van der Waals surface area contributed by atoms with Crippen molar-refractivity contribution in [2.24, 2.45) is 0 Å². The predicted octanol–water partition coefficient (Wildman–Crippen LogP) is 1.71. The maximum absolute atomic E-state index is 11.6. The van der Waals surface area contributed by atoms with Gasteiger partial charge in [0, 0.05) is 12.8 Å². The first-order valence-corrected chi connectivity index (χ1v) is 6.28. The van der Waals surface area contributed by atoms with Crippen LogP contribution in [0.2, 0.25) is 0 Å². The minimum Gasteiger partial charge on any atom is -0.477 e. The Bertz CT molecular complexity index is 605. The smallest absolute Gasteiger partial charge is 0.345 e. The van der Waals surface area contributed by atoms with Gasteiger partial charge in [0.2, 0.25) is 11.8 Å². The van der Waals surface area contributed by atoms with Crippen LogP contribution in [0.5, 0.6) is 0 Å². The van der Waals surface area contributed by atoms with Gasteiger partial charge in [0.15, 0.2) is 5.82 Å². The van der Waals surface area contributed by atoms with Gasteiger partial charge in [-0.05, 0) is 19.1 Å². The number of carboxylic acids is 1. The lowest BCUT2D eigenvalue weighted by molar-refractivity contribution is -0.116. The number of aromatic carboxylic acids is 1. The second-order valence-corrected chi connectivity index (χ2v) is 4.84. The summed E-state index contributed by atoms with van der Waals surface area (Å²) < 4.78 is 4.88. The summed E-state index contributed by atoms with van der Waals surface area (Å²) in [5.74, 6) is -0.300. The van der Waals surface area contributed by atoms with Crippen molar-refractivity contribution in [3.05, 3.63) is 28.7 Å². The lowest BCUT2D eigenvalue weighted by atomic mass is 10.3. The van der Waals surface area contributed by atoms with E-state index in [2.05, 4.69) is 15.5 Å². The van der Waals surface area contributed by atoms with Crippen molar-refractivity contribution in [3.63, 3.8) is 0 Å². The maximum atomic E-state index is 11.6. The molecule has 0 unspecified atom stereocenters. The molecular formula is C11H11N3O4S. The van der Waals surface area contributed by atoms with Gasteiger partial charge in [-0.15, -0.1) is 11.3 Å². The molecule has 2 heterocycles. The zero-order valence-electron chi connectivity index (χ0n) is 10.0. The third-order valence-electron chi connectivity index (χ3n) is 2.21. The number of nitrogens with one attached hydrogen (secondary N) is 1. The van der Waals surface area contributed by atoms with Crippen LogP contribution >= 0.6 is 11.3 Å². The molecule has 0 spiro atoms. The van der Waals surface area contributed by atoms with Gasteiger partial charge in [-0.3, -0.25) is 4.79 Å². The number of anilines is 1. The van der Waals surface area contributed by atoms with Crippen molar-refractivity contribution in [1.82, 2.24) is 10.1 Å². The van der Waals surface area contributed by atoms with E-state index in [1.54, 1.807) is 13.0 Å². The van der Waals surface area contributed by atoms with Crippen LogP contribution in [0, 0.1) is 6.92 Å². The Kier molecular flexibility index (Phi) is 3.91. The molecular weight excluding hydrogens is 270 g/mol. The molecule has 7 nitrogen and oxygen atoms in total. The summed E-state index contributed by atoms with van der Waals surface area (Å²) >= 11 is 1.01. The molecule has 0 atom stereocenters. The van der Waals surface area contributed by atoms with Crippen LogP contribution in [0.15, 0.2) is 16.7 Å². The molecule has 0 aromatic carbocycles. The molecule has 0 radical (unpaired) electrons. The summed E-state index contributed by atoms with van der Waals surface area (Å²) in [6, 6.07) is 3.01. The van der Waals surface area contributed by atoms with Gasteiger partial charge in [0.05, 0.1) is 5.00 Å². The van der Waals surface area contributed by atoms with Gasteiger partial charge in [-0.2, -0.15) is 4.98 Å². The van der Waals surface area contributed by atoms with Gasteiger partial charge in [-0.25, -0.2) is 4.79 Å². The molecule has 0 aliphatic carbocycles. The van der Waals surface area contributed by atoms with E-state index in [1.807, 2.05) is 0 Å². The minimum absolute atomic E-state index is 0.183. The number of aromatic nitrogens is 2. The number of carboxylic acid groups (broad SMARTS) is 1. The fraction of sp³-hybridized carbons (Fsp3) is 0.273. The molecule has 1 amide bonds. The first kappa shape index (κ1) is 13.2. The summed E-state index contributed by atoms with van der Waals surface area (Å²) in [5.41, 5.74) is 0. The molecule has 0 saturated carbocycles. The number of carbonyl (C=O) groups is 2. The van der Waals surface area contributed by atoms with Crippen molar-refractivity contribution < 1.29 is 19.2 Å².